The number of rotatable bonds is 6. The van der Waals surface area contributed by atoms with Crippen LogP contribution in [0.15, 0.2) is 42.5 Å². The number of imide groups is 1. The zero-order valence-electron chi connectivity index (χ0n) is 17.2. The van der Waals surface area contributed by atoms with Crippen molar-refractivity contribution in [3.8, 4) is 5.75 Å². The molecule has 1 fully saturated rings. The molecular weight excluding hydrogens is 382 g/mol. The zero-order chi connectivity index (χ0) is 21.3. The van der Waals surface area contributed by atoms with E-state index in [1.807, 2.05) is 49.4 Å². The van der Waals surface area contributed by atoms with Gasteiger partial charge >= 0.3 is 6.03 Å². The molecule has 7 heteroatoms. The first kappa shape index (κ1) is 19.9. The molecule has 4 amide bonds. The monoisotopic (exact) mass is 407 g/mol. The lowest BCUT2D eigenvalue weighted by atomic mass is 9.92. The third kappa shape index (κ3) is 3.40. The first-order valence-corrected chi connectivity index (χ1v) is 10.1. The summed E-state index contributed by atoms with van der Waals surface area (Å²) in [4.78, 5) is 39.1. The summed E-state index contributed by atoms with van der Waals surface area (Å²) in [6, 6.07) is 13.0. The van der Waals surface area contributed by atoms with Gasteiger partial charge < -0.3 is 15.4 Å². The van der Waals surface area contributed by atoms with Crippen LogP contribution in [0.25, 0.3) is 0 Å². The molecule has 30 heavy (non-hydrogen) atoms. The second-order valence-corrected chi connectivity index (χ2v) is 7.80. The van der Waals surface area contributed by atoms with Crippen LogP contribution in [-0.2, 0) is 28.0 Å². The van der Waals surface area contributed by atoms with Crippen molar-refractivity contribution in [1.29, 1.82) is 0 Å². The molecule has 0 aromatic heterocycles. The van der Waals surface area contributed by atoms with E-state index in [-0.39, 0.29) is 18.4 Å². The number of methoxy groups -OCH3 is 1. The molecule has 2 aromatic carbocycles. The predicted molar refractivity (Wildman–Crippen MR) is 111 cm³/mol. The second kappa shape index (κ2) is 7.82. The van der Waals surface area contributed by atoms with Gasteiger partial charge in [-0.1, -0.05) is 42.0 Å². The maximum Gasteiger partial charge on any atom is 0.325 e. The molecule has 4 rings (SSSR count). The van der Waals surface area contributed by atoms with Crippen LogP contribution in [0.5, 0.6) is 5.75 Å². The van der Waals surface area contributed by atoms with Crippen LogP contribution in [0.2, 0.25) is 0 Å². The lowest BCUT2D eigenvalue weighted by Gasteiger charge is -2.22. The molecule has 1 heterocycles. The summed E-state index contributed by atoms with van der Waals surface area (Å²) in [5.41, 5.74) is 2.96. The van der Waals surface area contributed by atoms with Crippen molar-refractivity contribution in [2.75, 3.05) is 20.2 Å². The van der Waals surface area contributed by atoms with Crippen molar-refractivity contribution in [3.63, 3.8) is 0 Å². The average molecular weight is 407 g/mol. The van der Waals surface area contributed by atoms with Gasteiger partial charge in [0.05, 0.1) is 7.11 Å². The Bertz CT molecular complexity index is 1020. The molecule has 156 valence electrons. The number of hydrogen-bond acceptors (Lipinski definition) is 4. The molecule has 1 saturated heterocycles. The minimum Gasteiger partial charge on any atom is -0.496 e. The molecule has 0 radical (unpaired) electrons. The fourth-order valence-corrected chi connectivity index (χ4v) is 4.37. The molecule has 0 unspecified atom stereocenters. The zero-order valence-corrected chi connectivity index (χ0v) is 17.2. The van der Waals surface area contributed by atoms with E-state index in [1.54, 1.807) is 7.11 Å². The smallest absolute Gasteiger partial charge is 0.325 e. The molecule has 2 aliphatic rings. The summed E-state index contributed by atoms with van der Waals surface area (Å²) < 4.78 is 5.36. The van der Waals surface area contributed by atoms with Crippen molar-refractivity contribution in [2.45, 2.75) is 31.7 Å². The first-order chi connectivity index (χ1) is 14.4. The Kier molecular flexibility index (Phi) is 5.20. The van der Waals surface area contributed by atoms with Gasteiger partial charge in [0.15, 0.2) is 0 Å². The van der Waals surface area contributed by atoms with Crippen LogP contribution >= 0.6 is 0 Å². The van der Waals surface area contributed by atoms with Gasteiger partial charge in [0.2, 0.25) is 5.91 Å². The Hall–Kier alpha value is -3.35. The number of benzene rings is 2. The Labute approximate surface area is 175 Å². The van der Waals surface area contributed by atoms with Crippen molar-refractivity contribution in [3.05, 3.63) is 64.7 Å². The van der Waals surface area contributed by atoms with Gasteiger partial charge in [-0.15, -0.1) is 0 Å². The summed E-state index contributed by atoms with van der Waals surface area (Å²) in [5, 5.41) is 5.63. The molecule has 7 nitrogen and oxygen atoms in total. The van der Waals surface area contributed by atoms with Gasteiger partial charge in [-0.25, -0.2) is 4.79 Å². The number of nitrogens with one attached hydrogen (secondary N) is 2. The number of fused-ring (bicyclic) bond motifs is 2. The minimum absolute atomic E-state index is 0.292. The lowest BCUT2D eigenvalue weighted by Crippen LogP contribution is -2.44. The molecule has 0 bridgehead atoms. The summed E-state index contributed by atoms with van der Waals surface area (Å²) in [7, 11) is 1.61. The van der Waals surface area contributed by atoms with E-state index < -0.39 is 11.6 Å². The number of ether oxygens (including phenoxy) is 1. The molecule has 2 aromatic rings. The highest BCUT2D eigenvalue weighted by Crippen LogP contribution is 2.41. The van der Waals surface area contributed by atoms with Crippen LogP contribution in [-0.4, -0.2) is 42.9 Å². The standard InChI is InChI=1S/C23H25N3O4/c1-15-7-8-19(30-2)17(13-15)10-12-24-20(27)14-26-21(28)23(25-22(26)29)11-9-16-5-3-4-6-18(16)23/h3-8,13H,9-12,14H2,1-2H3,(H,24,27)(H,25,29)/t23-/m1/s1. The number of hydrogen-bond donors (Lipinski definition) is 2. The van der Waals surface area contributed by atoms with Gasteiger partial charge in [-0.2, -0.15) is 0 Å². The number of carbonyl (C=O) groups excluding carboxylic acids is 3. The highest BCUT2D eigenvalue weighted by molar-refractivity contribution is 6.09. The topological polar surface area (TPSA) is 87.7 Å². The third-order valence-electron chi connectivity index (χ3n) is 5.88. The van der Waals surface area contributed by atoms with Gasteiger partial charge in [0.25, 0.3) is 5.91 Å². The average Bonchev–Trinajstić information content (AvgIpc) is 3.22. The Balaban J connectivity index is 1.38. The maximum absolute atomic E-state index is 13.1. The number of aryl methyl sites for hydroxylation is 2. The van der Waals surface area contributed by atoms with Crippen LogP contribution in [0.4, 0.5) is 4.79 Å². The second-order valence-electron chi connectivity index (χ2n) is 7.80. The van der Waals surface area contributed by atoms with E-state index in [0.29, 0.717) is 19.4 Å². The Morgan fingerprint density at radius 2 is 2.03 bits per heavy atom. The molecule has 1 atom stereocenters. The fourth-order valence-electron chi connectivity index (χ4n) is 4.37. The maximum atomic E-state index is 13.1. The van der Waals surface area contributed by atoms with Gasteiger partial charge in [-0.05, 0) is 48.9 Å². The largest absolute Gasteiger partial charge is 0.496 e. The first-order valence-electron chi connectivity index (χ1n) is 10.1. The normalized spacial score (nSPS) is 19.7. The molecule has 2 N–H and O–H groups in total. The van der Waals surface area contributed by atoms with E-state index in [1.165, 1.54) is 0 Å². The van der Waals surface area contributed by atoms with Crippen molar-refractivity contribution < 1.29 is 19.1 Å². The van der Waals surface area contributed by atoms with E-state index in [2.05, 4.69) is 10.6 Å². The van der Waals surface area contributed by atoms with Crippen molar-refractivity contribution >= 4 is 17.8 Å². The SMILES string of the molecule is COc1ccc(C)cc1CCNC(=O)CN1C(=O)N[C@@]2(CCc3ccccc32)C1=O. The summed E-state index contributed by atoms with van der Waals surface area (Å²) in [6.45, 7) is 2.09. The molecule has 1 aliphatic carbocycles. The minimum atomic E-state index is -1.04. The molecule has 1 aliphatic heterocycles. The van der Waals surface area contributed by atoms with Crippen LogP contribution < -0.4 is 15.4 Å². The van der Waals surface area contributed by atoms with E-state index in [4.69, 9.17) is 4.74 Å². The number of urea groups is 1. The highest BCUT2D eigenvalue weighted by atomic mass is 16.5. The van der Waals surface area contributed by atoms with Gasteiger partial charge in [-0.3, -0.25) is 14.5 Å². The summed E-state index contributed by atoms with van der Waals surface area (Å²) >= 11 is 0. The molecule has 0 saturated carbocycles. The molecular formula is C23H25N3O4. The number of nitrogens with zero attached hydrogens (tertiary/aromatic N) is 1. The van der Waals surface area contributed by atoms with Crippen LogP contribution in [0.1, 0.15) is 28.7 Å². The quantitative estimate of drug-likeness (QED) is 0.718. The van der Waals surface area contributed by atoms with E-state index >= 15 is 0 Å². The third-order valence-corrected chi connectivity index (χ3v) is 5.88. The van der Waals surface area contributed by atoms with E-state index in [0.717, 1.165) is 39.3 Å². The van der Waals surface area contributed by atoms with Crippen molar-refractivity contribution in [1.82, 2.24) is 15.5 Å². The van der Waals surface area contributed by atoms with Crippen LogP contribution in [0, 0.1) is 6.92 Å². The lowest BCUT2D eigenvalue weighted by molar-refractivity contribution is -0.135. The highest BCUT2D eigenvalue weighted by Gasteiger charge is 2.55. The summed E-state index contributed by atoms with van der Waals surface area (Å²) in [5.74, 6) is 0.0483. The van der Waals surface area contributed by atoms with Gasteiger partial charge in [0.1, 0.15) is 17.8 Å². The summed E-state index contributed by atoms with van der Waals surface area (Å²) in [6.07, 6.45) is 1.83. The van der Waals surface area contributed by atoms with Crippen molar-refractivity contribution in [2.24, 2.45) is 0 Å². The number of amides is 4. The Morgan fingerprint density at radius 3 is 2.83 bits per heavy atom. The fraction of sp³-hybridized carbons (Fsp3) is 0.348. The number of carbonyl (C=O) groups is 3. The predicted octanol–water partition coefficient (Wildman–Crippen LogP) is 2.06. The van der Waals surface area contributed by atoms with Gasteiger partial charge in [0, 0.05) is 6.54 Å². The Morgan fingerprint density at radius 1 is 1.23 bits per heavy atom. The van der Waals surface area contributed by atoms with E-state index in [9.17, 15) is 14.4 Å². The molecule has 1 spiro atoms. The van der Waals surface area contributed by atoms with Crippen LogP contribution in [0.3, 0.4) is 0 Å².